The van der Waals surface area contributed by atoms with Crippen molar-refractivity contribution in [2.75, 3.05) is 13.2 Å². The summed E-state index contributed by atoms with van der Waals surface area (Å²) in [5, 5.41) is 13.0. The molecule has 2 saturated carbocycles. The Morgan fingerprint density at radius 1 is 1.00 bits per heavy atom. The van der Waals surface area contributed by atoms with Gasteiger partial charge >= 0.3 is 0 Å². The Morgan fingerprint density at radius 2 is 1.70 bits per heavy atom. The van der Waals surface area contributed by atoms with Crippen LogP contribution in [0.15, 0.2) is 0 Å². The van der Waals surface area contributed by atoms with E-state index in [9.17, 15) is 0 Å². The van der Waals surface area contributed by atoms with Crippen LogP contribution in [0.3, 0.4) is 0 Å². The topological polar surface area (TPSA) is 32.3 Å². The minimum atomic E-state index is 0.344. The standard InChI is InChI=1S/C18H35NO/c1-2-15(12-13-20)14-19-18-11-7-6-10-17(18)16-8-4-3-5-9-16/h15-20H,2-14H2,1H3. The van der Waals surface area contributed by atoms with Crippen molar-refractivity contribution < 1.29 is 5.11 Å². The van der Waals surface area contributed by atoms with E-state index < -0.39 is 0 Å². The zero-order chi connectivity index (χ0) is 14.2. The first-order chi connectivity index (χ1) is 9.85. The van der Waals surface area contributed by atoms with Gasteiger partial charge in [-0.3, -0.25) is 0 Å². The van der Waals surface area contributed by atoms with Crippen molar-refractivity contribution >= 4 is 0 Å². The van der Waals surface area contributed by atoms with Gasteiger partial charge in [0.05, 0.1) is 0 Å². The molecule has 0 amide bonds. The molecule has 118 valence electrons. The van der Waals surface area contributed by atoms with Gasteiger partial charge in [-0.1, -0.05) is 58.3 Å². The number of hydrogen-bond donors (Lipinski definition) is 2. The fourth-order valence-electron chi connectivity index (χ4n) is 4.49. The average Bonchev–Trinajstić information content (AvgIpc) is 2.52. The van der Waals surface area contributed by atoms with Crippen molar-refractivity contribution in [2.45, 2.75) is 83.6 Å². The predicted octanol–water partition coefficient (Wildman–Crippen LogP) is 4.12. The molecule has 0 aromatic heterocycles. The summed E-state index contributed by atoms with van der Waals surface area (Å²) in [6.07, 6.45) is 15.2. The molecule has 0 heterocycles. The molecular formula is C18H35NO. The molecule has 2 fully saturated rings. The summed E-state index contributed by atoms with van der Waals surface area (Å²) in [6, 6.07) is 0.764. The van der Waals surface area contributed by atoms with Crippen molar-refractivity contribution in [2.24, 2.45) is 17.8 Å². The molecule has 0 radical (unpaired) electrons. The zero-order valence-corrected chi connectivity index (χ0v) is 13.4. The van der Waals surface area contributed by atoms with Crippen molar-refractivity contribution in [1.29, 1.82) is 0 Å². The van der Waals surface area contributed by atoms with Crippen LogP contribution in [0.1, 0.15) is 77.6 Å². The zero-order valence-electron chi connectivity index (χ0n) is 13.4. The Labute approximate surface area is 125 Å². The van der Waals surface area contributed by atoms with Gasteiger partial charge in [0, 0.05) is 12.6 Å². The van der Waals surface area contributed by atoms with Gasteiger partial charge < -0.3 is 10.4 Å². The third-order valence-electron chi connectivity index (χ3n) is 5.86. The smallest absolute Gasteiger partial charge is 0.0434 e. The van der Waals surface area contributed by atoms with Crippen molar-refractivity contribution in [3.63, 3.8) is 0 Å². The molecule has 0 spiro atoms. The maximum Gasteiger partial charge on any atom is 0.0434 e. The van der Waals surface area contributed by atoms with E-state index in [-0.39, 0.29) is 0 Å². The molecule has 2 aliphatic rings. The Kier molecular flexibility index (Phi) is 7.37. The normalized spacial score (nSPS) is 30.3. The monoisotopic (exact) mass is 281 g/mol. The van der Waals surface area contributed by atoms with Crippen LogP contribution in [-0.4, -0.2) is 24.3 Å². The molecule has 0 saturated heterocycles. The number of nitrogens with one attached hydrogen (secondary N) is 1. The van der Waals surface area contributed by atoms with Crippen LogP contribution in [-0.2, 0) is 0 Å². The van der Waals surface area contributed by atoms with E-state index in [0.717, 1.165) is 30.8 Å². The van der Waals surface area contributed by atoms with Crippen LogP contribution in [0.4, 0.5) is 0 Å². The molecule has 0 bridgehead atoms. The average molecular weight is 281 g/mol. The molecule has 2 rings (SSSR count). The Balaban J connectivity index is 1.82. The van der Waals surface area contributed by atoms with Gasteiger partial charge in [-0.15, -0.1) is 0 Å². The minimum absolute atomic E-state index is 0.344. The van der Waals surface area contributed by atoms with Gasteiger partial charge in [0.25, 0.3) is 0 Å². The first kappa shape index (κ1) is 16.3. The molecule has 2 heteroatoms. The highest BCUT2D eigenvalue weighted by Gasteiger charge is 2.32. The molecule has 2 nitrogen and oxygen atoms in total. The quantitative estimate of drug-likeness (QED) is 0.735. The minimum Gasteiger partial charge on any atom is -0.396 e. The van der Waals surface area contributed by atoms with Crippen LogP contribution >= 0.6 is 0 Å². The SMILES string of the molecule is CCC(CCO)CNC1CCCCC1C1CCCCC1. The maximum absolute atomic E-state index is 9.13. The van der Waals surface area contributed by atoms with Crippen LogP contribution in [0.5, 0.6) is 0 Å². The number of aliphatic hydroxyl groups is 1. The summed E-state index contributed by atoms with van der Waals surface area (Å²) >= 11 is 0. The third kappa shape index (κ3) is 4.73. The fourth-order valence-corrected chi connectivity index (χ4v) is 4.49. The molecule has 2 aliphatic carbocycles. The molecule has 0 aromatic rings. The van der Waals surface area contributed by atoms with Gasteiger partial charge in [0.15, 0.2) is 0 Å². The predicted molar refractivity (Wildman–Crippen MR) is 85.8 cm³/mol. The molecule has 2 N–H and O–H groups in total. The van der Waals surface area contributed by atoms with Crippen molar-refractivity contribution in [1.82, 2.24) is 5.32 Å². The van der Waals surface area contributed by atoms with Crippen LogP contribution in [0.2, 0.25) is 0 Å². The second-order valence-corrected chi connectivity index (χ2v) is 7.15. The lowest BCUT2D eigenvalue weighted by Gasteiger charge is -2.40. The van der Waals surface area contributed by atoms with E-state index in [4.69, 9.17) is 5.11 Å². The summed E-state index contributed by atoms with van der Waals surface area (Å²) in [4.78, 5) is 0. The van der Waals surface area contributed by atoms with Gasteiger partial charge in [-0.2, -0.15) is 0 Å². The van der Waals surface area contributed by atoms with Gasteiger partial charge in [-0.05, 0) is 43.6 Å². The number of aliphatic hydroxyl groups excluding tert-OH is 1. The van der Waals surface area contributed by atoms with Crippen LogP contribution in [0.25, 0.3) is 0 Å². The van der Waals surface area contributed by atoms with Crippen molar-refractivity contribution in [3.05, 3.63) is 0 Å². The van der Waals surface area contributed by atoms with Crippen LogP contribution < -0.4 is 5.32 Å². The lowest BCUT2D eigenvalue weighted by Crippen LogP contribution is -2.44. The Morgan fingerprint density at radius 3 is 2.40 bits per heavy atom. The van der Waals surface area contributed by atoms with E-state index in [1.165, 1.54) is 64.2 Å². The summed E-state index contributed by atoms with van der Waals surface area (Å²) in [5.74, 6) is 2.60. The second-order valence-electron chi connectivity index (χ2n) is 7.15. The maximum atomic E-state index is 9.13. The highest BCUT2D eigenvalue weighted by Crippen LogP contribution is 2.38. The largest absolute Gasteiger partial charge is 0.396 e. The highest BCUT2D eigenvalue weighted by atomic mass is 16.3. The highest BCUT2D eigenvalue weighted by molar-refractivity contribution is 4.87. The summed E-state index contributed by atoms with van der Waals surface area (Å²) < 4.78 is 0. The van der Waals surface area contributed by atoms with Gasteiger partial charge in [-0.25, -0.2) is 0 Å². The first-order valence-electron chi connectivity index (χ1n) is 9.19. The van der Waals surface area contributed by atoms with Crippen molar-refractivity contribution in [3.8, 4) is 0 Å². The Hall–Kier alpha value is -0.0800. The molecular weight excluding hydrogens is 246 g/mol. The first-order valence-corrected chi connectivity index (χ1v) is 9.19. The second kappa shape index (κ2) is 9.04. The summed E-state index contributed by atoms with van der Waals surface area (Å²) in [6.45, 7) is 3.71. The molecule has 0 aromatic carbocycles. The lowest BCUT2D eigenvalue weighted by atomic mass is 9.71. The number of hydrogen-bond acceptors (Lipinski definition) is 2. The van der Waals surface area contributed by atoms with Gasteiger partial charge in [0.2, 0.25) is 0 Å². The molecule has 0 aliphatic heterocycles. The fraction of sp³-hybridized carbons (Fsp3) is 1.00. The van der Waals surface area contributed by atoms with E-state index in [0.29, 0.717) is 12.5 Å². The van der Waals surface area contributed by atoms with Crippen LogP contribution in [0, 0.1) is 17.8 Å². The molecule has 3 unspecified atom stereocenters. The van der Waals surface area contributed by atoms with Gasteiger partial charge in [0.1, 0.15) is 0 Å². The molecule has 20 heavy (non-hydrogen) atoms. The third-order valence-corrected chi connectivity index (χ3v) is 5.86. The summed E-state index contributed by atoms with van der Waals surface area (Å²) in [7, 11) is 0. The van der Waals surface area contributed by atoms with E-state index in [1.54, 1.807) is 0 Å². The lowest BCUT2D eigenvalue weighted by molar-refractivity contribution is 0.144. The van der Waals surface area contributed by atoms with E-state index >= 15 is 0 Å². The summed E-state index contributed by atoms with van der Waals surface area (Å²) in [5.41, 5.74) is 0. The Bertz CT molecular complexity index is 250. The molecule has 3 atom stereocenters. The number of rotatable bonds is 7. The van der Waals surface area contributed by atoms with E-state index in [1.807, 2.05) is 0 Å². The van der Waals surface area contributed by atoms with E-state index in [2.05, 4.69) is 12.2 Å².